The highest BCUT2D eigenvalue weighted by Crippen LogP contribution is 2.42. The second-order valence-corrected chi connectivity index (χ2v) is 7.82. The Kier molecular flexibility index (Phi) is 4.05. The van der Waals surface area contributed by atoms with Crippen molar-refractivity contribution >= 4 is 21.4 Å². The summed E-state index contributed by atoms with van der Waals surface area (Å²) in [6.07, 6.45) is 2.32. The van der Waals surface area contributed by atoms with Gasteiger partial charge in [-0.05, 0) is 12.8 Å². The topological polar surface area (TPSA) is 85.1 Å². The van der Waals surface area contributed by atoms with Gasteiger partial charge in [-0.25, -0.2) is 18.5 Å². The number of hydrogen-bond acceptors (Lipinski definition) is 5. The Hall–Kier alpha value is -0.500. The number of nitrogens with one attached hydrogen (secondary N) is 1. The first kappa shape index (κ1) is 13.9. The summed E-state index contributed by atoms with van der Waals surface area (Å²) < 4.78 is 22.2. The molecule has 1 fully saturated rings. The summed E-state index contributed by atoms with van der Waals surface area (Å²) in [6.45, 7) is 4.93. The number of aromatic nitrogens is 1. The van der Waals surface area contributed by atoms with Crippen LogP contribution in [0.25, 0.3) is 0 Å². The molecule has 102 valence electrons. The Morgan fingerprint density at radius 2 is 2.17 bits per heavy atom. The van der Waals surface area contributed by atoms with Crippen molar-refractivity contribution < 1.29 is 8.42 Å². The molecule has 2 rings (SSSR count). The van der Waals surface area contributed by atoms with Crippen molar-refractivity contribution in [3.8, 4) is 0 Å². The zero-order valence-corrected chi connectivity index (χ0v) is 12.3. The van der Waals surface area contributed by atoms with E-state index < -0.39 is 10.0 Å². The molecule has 1 heterocycles. The summed E-state index contributed by atoms with van der Waals surface area (Å²) in [5.74, 6) is 0.374. The van der Waals surface area contributed by atoms with Crippen molar-refractivity contribution in [2.75, 3.05) is 0 Å². The normalized spacial score (nSPS) is 16.4. The van der Waals surface area contributed by atoms with Gasteiger partial charge in [0, 0.05) is 23.4 Å². The van der Waals surface area contributed by atoms with E-state index in [-0.39, 0.29) is 5.75 Å². The lowest BCUT2D eigenvalue weighted by Gasteiger charge is -2.07. The van der Waals surface area contributed by atoms with E-state index in [1.54, 1.807) is 0 Å². The van der Waals surface area contributed by atoms with Crippen molar-refractivity contribution in [3.05, 3.63) is 15.6 Å². The lowest BCUT2D eigenvalue weighted by molar-refractivity contribution is 0.590. The number of rotatable bonds is 6. The highest BCUT2D eigenvalue weighted by atomic mass is 32.2. The molecule has 0 spiro atoms. The second kappa shape index (κ2) is 5.24. The third-order valence-corrected chi connectivity index (χ3v) is 4.66. The monoisotopic (exact) mass is 289 g/mol. The van der Waals surface area contributed by atoms with Crippen LogP contribution in [0.4, 0.5) is 0 Å². The molecule has 0 radical (unpaired) electrons. The summed E-state index contributed by atoms with van der Waals surface area (Å²) in [4.78, 5) is 5.61. The van der Waals surface area contributed by atoms with Crippen LogP contribution in [0, 0.1) is 0 Å². The van der Waals surface area contributed by atoms with E-state index in [0.29, 0.717) is 17.0 Å². The highest BCUT2D eigenvalue weighted by molar-refractivity contribution is 7.88. The molecule has 0 atom stereocenters. The second-order valence-electron chi connectivity index (χ2n) is 5.03. The largest absolute Gasteiger partial charge is 0.310 e. The predicted molar refractivity (Wildman–Crippen MR) is 72.9 cm³/mol. The molecule has 1 aromatic rings. The van der Waals surface area contributed by atoms with Gasteiger partial charge in [-0.3, -0.25) is 0 Å². The van der Waals surface area contributed by atoms with Gasteiger partial charge in [-0.15, -0.1) is 11.3 Å². The molecule has 0 aromatic carbocycles. The van der Waals surface area contributed by atoms with Gasteiger partial charge >= 0.3 is 0 Å². The summed E-state index contributed by atoms with van der Waals surface area (Å²) in [6, 6.07) is 0.404. The number of thiazole rings is 1. The van der Waals surface area contributed by atoms with Crippen LogP contribution in [0.1, 0.15) is 48.2 Å². The maximum absolute atomic E-state index is 11.1. The molecule has 5 nitrogen and oxygen atoms in total. The lowest BCUT2D eigenvalue weighted by atomic mass is 10.2. The predicted octanol–water partition coefficient (Wildman–Crippen LogP) is 1.31. The minimum atomic E-state index is -3.49. The van der Waals surface area contributed by atoms with Gasteiger partial charge in [0.15, 0.2) is 0 Å². The van der Waals surface area contributed by atoms with Crippen molar-refractivity contribution in [2.24, 2.45) is 5.14 Å². The van der Waals surface area contributed by atoms with Gasteiger partial charge in [0.1, 0.15) is 10.8 Å². The maximum atomic E-state index is 11.1. The summed E-state index contributed by atoms with van der Waals surface area (Å²) >= 11 is 1.46. The smallest absolute Gasteiger partial charge is 0.215 e. The fraction of sp³-hybridized carbons (Fsp3) is 0.727. The number of hydrogen-bond donors (Lipinski definition) is 2. The molecule has 1 aromatic heterocycles. The van der Waals surface area contributed by atoms with Crippen LogP contribution in [0.5, 0.6) is 0 Å². The summed E-state index contributed by atoms with van der Waals surface area (Å²) in [5.41, 5.74) is 1.08. The SMILES string of the molecule is CC(C)NCc1sc(CS(N)(=O)=O)nc1C1CC1. The van der Waals surface area contributed by atoms with Crippen LogP contribution in [-0.2, 0) is 22.3 Å². The minimum absolute atomic E-state index is 0.154. The van der Waals surface area contributed by atoms with Crippen LogP contribution >= 0.6 is 11.3 Å². The lowest BCUT2D eigenvalue weighted by Crippen LogP contribution is -2.21. The molecule has 1 saturated carbocycles. The molecule has 1 aliphatic rings. The van der Waals surface area contributed by atoms with E-state index in [4.69, 9.17) is 5.14 Å². The molecule has 0 amide bonds. The van der Waals surface area contributed by atoms with E-state index in [2.05, 4.69) is 24.1 Å². The van der Waals surface area contributed by atoms with Crippen molar-refractivity contribution in [3.63, 3.8) is 0 Å². The average molecular weight is 289 g/mol. The molecule has 3 N–H and O–H groups in total. The minimum Gasteiger partial charge on any atom is -0.310 e. The number of primary sulfonamides is 1. The van der Waals surface area contributed by atoms with Crippen LogP contribution in [0.2, 0.25) is 0 Å². The van der Waals surface area contributed by atoms with E-state index in [9.17, 15) is 8.42 Å². The van der Waals surface area contributed by atoms with Gasteiger partial charge in [-0.1, -0.05) is 13.8 Å². The molecule has 1 aliphatic carbocycles. The van der Waals surface area contributed by atoms with E-state index >= 15 is 0 Å². The van der Waals surface area contributed by atoms with Crippen LogP contribution in [-0.4, -0.2) is 19.4 Å². The van der Waals surface area contributed by atoms with Gasteiger partial charge in [0.05, 0.1) is 5.69 Å². The maximum Gasteiger partial charge on any atom is 0.215 e. The third kappa shape index (κ3) is 4.01. The fourth-order valence-electron chi connectivity index (χ4n) is 1.75. The van der Waals surface area contributed by atoms with Crippen molar-refractivity contribution in [1.82, 2.24) is 10.3 Å². The molecular formula is C11H19N3O2S2. The van der Waals surface area contributed by atoms with Gasteiger partial charge in [0.2, 0.25) is 10.0 Å². The summed E-state index contributed by atoms with van der Waals surface area (Å²) in [7, 11) is -3.49. The molecule has 7 heteroatoms. The summed E-state index contributed by atoms with van der Waals surface area (Å²) in [5, 5.41) is 9.03. The Morgan fingerprint density at radius 1 is 1.50 bits per heavy atom. The average Bonchev–Trinajstić information content (AvgIpc) is 2.97. The first-order chi connectivity index (χ1) is 8.35. The van der Waals surface area contributed by atoms with E-state index in [0.717, 1.165) is 30.0 Å². The third-order valence-electron chi connectivity index (χ3n) is 2.73. The molecule has 0 aliphatic heterocycles. The number of nitrogens with zero attached hydrogens (tertiary/aromatic N) is 1. The number of sulfonamides is 1. The van der Waals surface area contributed by atoms with Crippen LogP contribution in [0.15, 0.2) is 0 Å². The Labute approximate surface area is 112 Å². The molecule has 0 bridgehead atoms. The van der Waals surface area contributed by atoms with Gasteiger partial charge in [-0.2, -0.15) is 0 Å². The standard InChI is InChI=1S/C11H19N3O2S2/c1-7(2)13-5-9-11(8-3-4-8)14-10(17-9)6-18(12,15)16/h7-8,13H,3-6H2,1-2H3,(H2,12,15,16). The van der Waals surface area contributed by atoms with E-state index in [1.165, 1.54) is 11.3 Å². The molecule has 0 saturated heterocycles. The van der Waals surface area contributed by atoms with Gasteiger partial charge < -0.3 is 5.32 Å². The zero-order valence-electron chi connectivity index (χ0n) is 10.6. The quantitative estimate of drug-likeness (QED) is 0.827. The van der Waals surface area contributed by atoms with Gasteiger partial charge in [0.25, 0.3) is 0 Å². The fourth-order valence-corrected chi connectivity index (χ4v) is 3.79. The molecular weight excluding hydrogens is 270 g/mol. The highest BCUT2D eigenvalue weighted by Gasteiger charge is 2.30. The van der Waals surface area contributed by atoms with Crippen LogP contribution < -0.4 is 10.5 Å². The zero-order chi connectivity index (χ0) is 13.3. The van der Waals surface area contributed by atoms with Crippen molar-refractivity contribution in [1.29, 1.82) is 0 Å². The van der Waals surface area contributed by atoms with E-state index in [1.807, 2.05) is 0 Å². The Bertz CT molecular complexity index is 518. The Balaban J connectivity index is 2.16. The number of nitrogens with two attached hydrogens (primary N) is 1. The van der Waals surface area contributed by atoms with Crippen LogP contribution in [0.3, 0.4) is 0 Å². The molecule has 18 heavy (non-hydrogen) atoms. The molecule has 0 unspecified atom stereocenters. The first-order valence-electron chi connectivity index (χ1n) is 6.07. The Morgan fingerprint density at radius 3 is 2.67 bits per heavy atom. The van der Waals surface area contributed by atoms with Crippen molar-refractivity contribution in [2.45, 2.75) is 50.9 Å². The first-order valence-corrected chi connectivity index (χ1v) is 8.60.